The predicted octanol–water partition coefficient (Wildman–Crippen LogP) is 3.40. The highest BCUT2D eigenvalue weighted by Crippen LogP contribution is 2.37. The highest BCUT2D eigenvalue weighted by molar-refractivity contribution is 5.23. The fraction of sp³-hybridized carbons (Fsp3) is 0.812. The summed E-state index contributed by atoms with van der Waals surface area (Å²) in [4.78, 5) is 5.04. The van der Waals surface area contributed by atoms with Crippen molar-refractivity contribution in [2.75, 3.05) is 6.54 Å². The maximum Gasteiger partial charge on any atom is 0.112 e. The van der Waals surface area contributed by atoms with Gasteiger partial charge in [0.1, 0.15) is 5.82 Å². The van der Waals surface area contributed by atoms with E-state index < -0.39 is 0 Å². The molecule has 1 aliphatic carbocycles. The number of fused-ring (bicyclic) bond motifs is 1. The maximum absolute atomic E-state index is 5.04. The van der Waals surface area contributed by atoms with E-state index in [1.54, 1.807) is 0 Å². The van der Waals surface area contributed by atoms with E-state index in [-0.39, 0.29) is 0 Å². The molecule has 1 aromatic rings. The summed E-state index contributed by atoms with van der Waals surface area (Å²) in [5.74, 6) is 2.78. The molecule has 0 amide bonds. The summed E-state index contributed by atoms with van der Waals surface area (Å²) >= 11 is 0. The second kappa shape index (κ2) is 5.28. The van der Waals surface area contributed by atoms with E-state index in [9.17, 15) is 0 Å². The highest BCUT2D eigenvalue weighted by Gasteiger charge is 2.29. The molecule has 106 valence electrons. The molecule has 0 spiro atoms. The van der Waals surface area contributed by atoms with Crippen LogP contribution in [0.2, 0.25) is 0 Å². The van der Waals surface area contributed by atoms with E-state index in [4.69, 9.17) is 4.98 Å². The van der Waals surface area contributed by atoms with Crippen molar-refractivity contribution in [3.05, 3.63) is 17.2 Å². The van der Waals surface area contributed by atoms with Crippen LogP contribution in [0.1, 0.15) is 75.6 Å². The molecule has 0 radical (unpaired) electrons. The minimum Gasteiger partial charge on any atom is -0.328 e. The van der Waals surface area contributed by atoms with Gasteiger partial charge in [0.15, 0.2) is 0 Å². The molecule has 1 aromatic heterocycles. The first-order valence-electron chi connectivity index (χ1n) is 7.99. The van der Waals surface area contributed by atoms with Crippen LogP contribution in [0.25, 0.3) is 0 Å². The minimum absolute atomic E-state index is 0.574. The summed E-state index contributed by atoms with van der Waals surface area (Å²) in [6.45, 7) is 9.10. The number of hydrogen-bond donors (Lipinski definition) is 1. The normalized spacial score (nSPS) is 21.9. The monoisotopic (exact) mass is 261 g/mol. The van der Waals surface area contributed by atoms with Gasteiger partial charge in [-0.05, 0) is 25.7 Å². The Kier molecular flexibility index (Phi) is 3.66. The molecule has 1 aliphatic heterocycles. The first kappa shape index (κ1) is 13.2. The van der Waals surface area contributed by atoms with Crippen molar-refractivity contribution in [3.63, 3.8) is 0 Å². The van der Waals surface area contributed by atoms with Crippen molar-refractivity contribution in [2.24, 2.45) is 5.92 Å². The molecule has 3 nitrogen and oxygen atoms in total. The van der Waals surface area contributed by atoms with Crippen LogP contribution in [0.5, 0.6) is 0 Å². The average Bonchev–Trinajstić information content (AvgIpc) is 3.04. The molecule has 3 rings (SSSR count). The van der Waals surface area contributed by atoms with Gasteiger partial charge in [0.05, 0.1) is 5.69 Å². The van der Waals surface area contributed by atoms with E-state index in [0.717, 1.165) is 19.5 Å². The van der Waals surface area contributed by atoms with Crippen molar-refractivity contribution >= 4 is 0 Å². The van der Waals surface area contributed by atoms with E-state index in [2.05, 4.69) is 30.7 Å². The third-order valence-corrected chi connectivity index (χ3v) is 5.04. The first-order chi connectivity index (χ1) is 9.18. The topological polar surface area (TPSA) is 29.9 Å². The van der Waals surface area contributed by atoms with Crippen molar-refractivity contribution < 1.29 is 0 Å². The van der Waals surface area contributed by atoms with Gasteiger partial charge in [-0.1, -0.05) is 26.7 Å². The molecule has 1 atom stereocenters. The fourth-order valence-corrected chi connectivity index (χ4v) is 3.58. The largest absolute Gasteiger partial charge is 0.328 e. The molecule has 1 unspecified atom stereocenters. The van der Waals surface area contributed by atoms with Gasteiger partial charge in [-0.3, -0.25) is 0 Å². The second-order valence-corrected chi connectivity index (χ2v) is 6.63. The van der Waals surface area contributed by atoms with Crippen LogP contribution in [-0.2, 0) is 13.0 Å². The lowest BCUT2D eigenvalue weighted by Gasteiger charge is -2.26. The van der Waals surface area contributed by atoms with Crippen molar-refractivity contribution in [2.45, 2.75) is 71.4 Å². The molecule has 1 fully saturated rings. The maximum atomic E-state index is 5.04. The summed E-state index contributed by atoms with van der Waals surface area (Å²) in [7, 11) is 0. The molecule has 1 N–H and O–H groups in total. The van der Waals surface area contributed by atoms with Gasteiger partial charge in [-0.15, -0.1) is 0 Å². The number of aromatic nitrogens is 2. The molecule has 0 aromatic carbocycles. The zero-order valence-electron chi connectivity index (χ0n) is 12.6. The summed E-state index contributed by atoms with van der Waals surface area (Å²) in [6, 6.07) is 0.574. The molecule has 2 heterocycles. The fourth-order valence-electron chi connectivity index (χ4n) is 3.58. The third kappa shape index (κ3) is 2.33. The zero-order valence-corrected chi connectivity index (χ0v) is 12.6. The van der Waals surface area contributed by atoms with Gasteiger partial charge in [0.2, 0.25) is 0 Å². The van der Waals surface area contributed by atoms with E-state index in [1.807, 2.05) is 0 Å². The van der Waals surface area contributed by atoms with Crippen molar-refractivity contribution in [1.82, 2.24) is 14.9 Å². The van der Waals surface area contributed by atoms with Crippen LogP contribution in [0.15, 0.2) is 0 Å². The number of imidazole rings is 1. The minimum atomic E-state index is 0.574. The molecule has 19 heavy (non-hydrogen) atoms. The molecule has 1 saturated carbocycles. The lowest BCUT2D eigenvalue weighted by molar-refractivity contribution is 0.375. The Labute approximate surface area is 116 Å². The van der Waals surface area contributed by atoms with E-state index in [0.29, 0.717) is 17.9 Å². The Hall–Kier alpha value is -0.830. The quantitative estimate of drug-likeness (QED) is 0.903. The molecule has 0 bridgehead atoms. The molecule has 3 heteroatoms. The van der Waals surface area contributed by atoms with Crippen molar-refractivity contribution in [3.8, 4) is 0 Å². The first-order valence-corrected chi connectivity index (χ1v) is 7.99. The van der Waals surface area contributed by atoms with Crippen LogP contribution in [0, 0.1) is 5.92 Å². The van der Waals surface area contributed by atoms with Gasteiger partial charge >= 0.3 is 0 Å². The van der Waals surface area contributed by atoms with Gasteiger partial charge in [-0.25, -0.2) is 4.98 Å². The average molecular weight is 261 g/mol. The van der Waals surface area contributed by atoms with Crippen LogP contribution in [0.3, 0.4) is 0 Å². The van der Waals surface area contributed by atoms with Crippen LogP contribution < -0.4 is 5.32 Å². The number of nitrogens with zero attached hydrogens (tertiary/aromatic N) is 2. The van der Waals surface area contributed by atoms with Gasteiger partial charge in [0.25, 0.3) is 0 Å². The number of rotatable bonds is 3. The molecular formula is C16H27N3. The van der Waals surface area contributed by atoms with Crippen LogP contribution >= 0.6 is 0 Å². The SMILES string of the molecule is CC(C)C(C)n1c(C2CCCC2)nc2c1CCNC2. The Morgan fingerprint density at radius 1 is 1.21 bits per heavy atom. The molecule has 0 saturated heterocycles. The van der Waals surface area contributed by atoms with Gasteiger partial charge in [0, 0.05) is 37.2 Å². The lowest BCUT2D eigenvalue weighted by Crippen LogP contribution is -2.26. The molecule has 2 aliphatic rings. The van der Waals surface area contributed by atoms with E-state index >= 15 is 0 Å². The predicted molar refractivity (Wildman–Crippen MR) is 78.4 cm³/mol. The summed E-state index contributed by atoms with van der Waals surface area (Å²) < 4.78 is 2.61. The highest BCUT2D eigenvalue weighted by atomic mass is 15.1. The zero-order chi connectivity index (χ0) is 13.4. The van der Waals surface area contributed by atoms with Gasteiger partial charge in [-0.2, -0.15) is 0 Å². The van der Waals surface area contributed by atoms with E-state index in [1.165, 1.54) is 42.9 Å². The second-order valence-electron chi connectivity index (χ2n) is 6.63. The third-order valence-electron chi connectivity index (χ3n) is 5.04. The summed E-state index contributed by atoms with van der Waals surface area (Å²) in [5, 5.41) is 3.46. The number of hydrogen-bond acceptors (Lipinski definition) is 2. The Morgan fingerprint density at radius 2 is 1.95 bits per heavy atom. The van der Waals surface area contributed by atoms with Crippen LogP contribution in [0.4, 0.5) is 0 Å². The van der Waals surface area contributed by atoms with Crippen LogP contribution in [-0.4, -0.2) is 16.1 Å². The van der Waals surface area contributed by atoms with Gasteiger partial charge < -0.3 is 9.88 Å². The summed E-state index contributed by atoms with van der Waals surface area (Å²) in [5.41, 5.74) is 2.84. The smallest absolute Gasteiger partial charge is 0.112 e. The van der Waals surface area contributed by atoms with Crippen molar-refractivity contribution in [1.29, 1.82) is 0 Å². The lowest BCUT2D eigenvalue weighted by atomic mass is 10.0. The summed E-state index contributed by atoms with van der Waals surface area (Å²) in [6.07, 6.45) is 6.60. The Morgan fingerprint density at radius 3 is 2.63 bits per heavy atom. The Balaban J connectivity index is 2.03. The standard InChI is InChI=1S/C16H27N3/c1-11(2)12(3)19-15-8-9-17-10-14(15)18-16(19)13-6-4-5-7-13/h11-13,17H,4-10H2,1-3H3. The Bertz CT molecular complexity index is 441. The molecular weight excluding hydrogens is 234 g/mol. The number of nitrogens with one attached hydrogen (secondary N) is 1.